The van der Waals surface area contributed by atoms with Gasteiger partial charge in [0, 0.05) is 13.5 Å². The van der Waals surface area contributed by atoms with Crippen LogP contribution in [0.15, 0.2) is 36.4 Å². The first-order valence-corrected chi connectivity index (χ1v) is 13.7. The van der Waals surface area contributed by atoms with Crippen LogP contribution in [0.5, 0.6) is 5.75 Å². The number of hydrogen-bond acceptors (Lipinski definition) is 7. The second kappa shape index (κ2) is 14.7. The van der Waals surface area contributed by atoms with E-state index in [0.29, 0.717) is 25.0 Å². The number of carboxylic acid groups (broad SMARTS) is 1. The van der Waals surface area contributed by atoms with Gasteiger partial charge < -0.3 is 19.3 Å². The molecule has 0 aliphatic heterocycles. The molecule has 2 aromatic carbocycles. The minimum atomic E-state index is -0.875. The molecular weight excluding hydrogens is 514 g/mol. The van der Waals surface area contributed by atoms with Crippen molar-refractivity contribution in [3.05, 3.63) is 42.0 Å². The Morgan fingerprint density at radius 3 is 2.12 bits per heavy atom. The second-order valence-corrected chi connectivity index (χ2v) is 11.4. The van der Waals surface area contributed by atoms with Crippen molar-refractivity contribution in [2.24, 2.45) is 10.8 Å². The van der Waals surface area contributed by atoms with Crippen LogP contribution in [0, 0.1) is 10.8 Å². The third kappa shape index (κ3) is 9.54. The molecule has 0 saturated heterocycles. The van der Waals surface area contributed by atoms with Crippen LogP contribution < -0.4 is 4.74 Å². The highest BCUT2D eigenvalue weighted by Crippen LogP contribution is 2.28. The van der Waals surface area contributed by atoms with E-state index >= 15 is 0 Å². The number of aliphatic carboxylic acids is 1. The van der Waals surface area contributed by atoms with Crippen LogP contribution >= 0.6 is 0 Å². The average Bonchev–Trinajstić information content (AvgIpc) is 2.90. The Balaban J connectivity index is 1.80. The number of fused-ring (bicyclic) bond motifs is 1. The van der Waals surface area contributed by atoms with Crippen molar-refractivity contribution < 1.29 is 38.5 Å². The summed E-state index contributed by atoms with van der Waals surface area (Å²) in [5, 5.41) is 11.2. The van der Waals surface area contributed by atoms with E-state index in [1.165, 1.54) is 6.92 Å². The van der Waals surface area contributed by atoms with Gasteiger partial charge in [-0.3, -0.25) is 14.4 Å². The summed E-state index contributed by atoms with van der Waals surface area (Å²) >= 11 is 0. The Morgan fingerprint density at radius 2 is 1.52 bits per heavy atom. The summed E-state index contributed by atoms with van der Waals surface area (Å²) in [6, 6.07) is 11.6. The minimum absolute atomic E-state index is 0.105. The lowest BCUT2D eigenvalue weighted by molar-refractivity contribution is -0.163. The number of ether oxygens (including phenoxy) is 3. The fraction of sp³-hybridized carbons (Fsp3) is 0.548. The van der Waals surface area contributed by atoms with Crippen molar-refractivity contribution in [3.8, 4) is 5.75 Å². The van der Waals surface area contributed by atoms with E-state index in [9.17, 15) is 24.3 Å². The summed E-state index contributed by atoms with van der Waals surface area (Å²) in [4.78, 5) is 49.6. The molecule has 2 rings (SSSR count). The van der Waals surface area contributed by atoms with Crippen molar-refractivity contribution >= 4 is 34.7 Å². The first-order valence-electron chi connectivity index (χ1n) is 13.7. The van der Waals surface area contributed by atoms with Gasteiger partial charge >= 0.3 is 18.0 Å². The highest BCUT2D eigenvalue weighted by Gasteiger charge is 2.30. The molecule has 9 heteroatoms. The molecule has 1 N–H and O–H groups in total. The summed E-state index contributed by atoms with van der Waals surface area (Å²) in [6.07, 6.45) is 4.07. The number of nitrogens with zero attached hydrogens (tertiary/aromatic N) is 1. The first-order chi connectivity index (χ1) is 18.8. The zero-order valence-electron chi connectivity index (χ0n) is 24.6. The number of rotatable bonds is 15. The molecule has 0 heterocycles. The predicted octanol–water partition coefficient (Wildman–Crippen LogP) is 6.35. The molecule has 0 bridgehead atoms. The summed E-state index contributed by atoms with van der Waals surface area (Å²) in [7, 11) is 1.60. The smallest absolute Gasteiger partial charge is 0.419 e. The lowest BCUT2D eigenvalue weighted by Crippen LogP contribution is -2.38. The Kier molecular flexibility index (Phi) is 12.0. The normalized spacial score (nSPS) is 11.7. The van der Waals surface area contributed by atoms with Crippen molar-refractivity contribution in [3.63, 3.8) is 0 Å². The maximum atomic E-state index is 12.6. The van der Waals surface area contributed by atoms with Crippen LogP contribution in [-0.4, -0.2) is 54.4 Å². The number of imide groups is 1. The SMILES string of the molecule is COc1ccc2cccc(CCN(C(C)=O)C(=O)OCOC(=O)C(C)(C)CCCCCCC(C)(C)C(=O)O)c2c1. The second-order valence-electron chi connectivity index (χ2n) is 11.4. The van der Waals surface area contributed by atoms with Gasteiger partial charge in [-0.1, -0.05) is 49.9 Å². The largest absolute Gasteiger partial charge is 0.497 e. The Labute approximate surface area is 236 Å². The van der Waals surface area contributed by atoms with Gasteiger partial charge in [0.25, 0.3) is 0 Å². The molecule has 0 spiro atoms. The molecule has 0 atom stereocenters. The van der Waals surface area contributed by atoms with Gasteiger partial charge in [-0.15, -0.1) is 0 Å². The number of carbonyl (C=O) groups excluding carboxylic acids is 3. The lowest BCUT2D eigenvalue weighted by Gasteiger charge is -2.23. The molecule has 9 nitrogen and oxygen atoms in total. The number of amides is 2. The Bertz CT molecular complexity index is 1190. The number of hydrogen-bond donors (Lipinski definition) is 1. The third-order valence-electron chi connectivity index (χ3n) is 7.24. The number of esters is 1. The molecule has 220 valence electrons. The molecule has 0 aliphatic carbocycles. The Hall–Kier alpha value is -3.62. The predicted molar refractivity (Wildman–Crippen MR) is 152 cm³/mol. The summed E-state index contributed by atoms with van der Waals surface area (Å²) < 4.78 is 15.6. The molecule has 0 radical (unpaired) electrons. The standard InChI is InChI=1S/C31H43NO8/c1-22(33)32(19-16-24-13-11-12-23-14-15-25(38-6)20-26(23)24)29(37)40-21-39-28(36)31(4,5)18-10-8-7-9-17-30(2,3)27(34)35/h11-15,20H,7-10,16-19,21H2,1-6H3,(H,34,35). The highest BCUT2D eigenvalue weighted by atomic mass is 16.7. The summed E-state index contributed by atoms with van der Waals surface area (Å²) in [5.74, 6) is -1.05. The van der Waals surface area contributed by atoms with E-state index in [2.05, 4.69) is 0 Å². The number of methoxy groups -OCH3 is 1. The van der Waals surface area contributed by atoms with E-state index in [-0.39, 0.29) is 6.54 Å². The molecule has 0 unspecified atom stereocenters. The van der Waals surface area contributed by atoms with Gasteiger partial charge in [-0.25, -0.2) is 9.69 Å². The van der Waals surface area contributed by atoms with E-state index in [4.69, 9.17) is 14.2 Å². The topological polar surface area (TPSA) is 119 Å². The number of unbranched alkanes of at least 4 members (excludes halogenated alkanes) is 3. The van der Waals surface area contributed by atoms with Crippen LogP contribution in [0.4, 0.5) is 4.79 Å². The van der Waals surface area contributed by atoms with Crippen LogP contribution in [0.1, 0.15) is 78.7 Å². The maximum absolute atomic E-state index is 12.6. The molecule has 0 aliphatic rings. The first kappa shape index (κ1) is 32.6. The van der Waals surface area contributed by atoms with Crippen molar-refractivity contribution in [1.82, 2.24) is 4.90 Å². The molecule has 40 heavy (non-hydrogen) atoms. The van der Waals surface area contributed by atoms with E-state index in [1.807, 2.05) is 36.4 Å². The molecule has 0 fully saturated rings. The number of carboxylic acids is 1. The molecule has 2 aromatic rings. The van der Waals surface area contributed by atoms with E-state index in [0.717, 1.165) is 46.9 Å². The quantitative estimate of drug-likeness (QED) is 0.153. The zero-order valence-corrected chi connectivity index (χ0v) is 24.6. The van der Waals surface area contributed by atoms with E-state index in [1.54, 1.807) is 34.8 Å². The van der Waals surface area contributed by atoms with Crippen LogP contribution in [0.25, 0.3) is 10.8 Å². The van der Waals surface area contributed by atoms with Crippen molar-refractivity contribution in [2.45, 2.75) is 79.6 Å². The van der Waals surface area contributed by atoms with Gasteiger partial charge in [0.2, 0.25) is 12.7 Å². The van der Waals surface area contributed by atoms with Gasteiger partial charge in [-0.2, -0.15) is 0 Å². The lowest BCUT2D eigenvalue weighted by atomic mass is 9.85. The minimum Gasteiger partial charge on any atom is -0.497 e. The third-order valence-corrected chi connectivity index (χ3v) is 7.24. The van der Waals surface area contributed by atoms with Crippen LogP contribution in [0.2, 0.25) is 0 Å². The fourth-order valence-corrected chi connectivity index (χ4v) is 4.37. The van der Waals surface area contributed by atoms with Crippen molar-refractivity contribution in [1.29, 1.82) is 0 Å². The maximum Gasteiger partial charge on any atom is 0.419 e. The van der Waals surface area contributed by atoms with Gasteiger partial charge in [-0.05, 0) is 75.4 Å². The summed E-state index contributed by atoms with van der Waals surface area (Å²) in [5.41, 5.74) is -0.556. The van der Waals surface area contributed by atoms with Gasteiger partial charge in [0.05, 0.1) is 17.9 Å². The molecular formula is C31H43NO8. The number of carbonyl (C=O) groups is 4. The van der Waals surface area contributed by atoms with Crippen molar-refractivity contribution in [2.75, 3.05) is 20.4 Å². The molecule has 2 amide bonds. The number of benzene rings is 2. The fourth-order valence-electron chi connectivity index (χ4n) is 4.37. The van der Waals surface area contributed by atoms with Crippen LogP contribution in [-0.2, 0) is 30.3 Å². The Morgan fingerprint density at radius 1 is 0.875 bits per heavy atom. The van der Waals surface area contributed by atoms with Gasteiger partial charge in [0.1, 0.15) is 5.75 Å². The van der Waals surface area contributed by atoms with Crippen LogP contribution in [0.3, 0.4) is 0 Å². The molecule has 0 aromatic heterocycles. The monoisotopic (exact) mass is 557 g/mol. The summed E-state index contributed by atoms with van der Waals surface area (Å²) in [6.45, 7) is 7.79. The average molecular weight is 558 g/mol. The van der Waals surface area contributed by atoms with E-state index < -0.39 is 41.6 Å². The molecule has 0 saturated carbocycles. The highest BCUT2D eigenvalue weighted by molar-refractivity contribution is 5.91. The zero-order chi connectivity index (χ0) is 29.9. The van der Waals surface area contributed by atoms with Gasteiger partial charge in [0.15, 0.2) is 0 Å².